The average molecular weight is 304 g/mol. The van der Waals surface area contributed by atoms with Crippen molar-refractivity contribution in [2.24, 2.45) is 0 Å². The Balaban J connectivity index is 2.91. The lowest BCUT2D eigenvalue weighted by Gasteiger charge is -2.13. The maximum atomic E-state index is 11.5. The predicted molar refractivity (Wildman–Crippen MR) is 65.1 cm³/mol. The summed E-state index contributed by atoms with van der Waals surface area (Å²) in [5.74, 6) is -0.932. The van der Waals surface area contributed by atoms with Crippen molar-refractivity contribution in [2.45, 2.75) is 6.04 Å². The van der Waals surface area contributed by atoms with E-state index in [1.165, 1.54) is 18.4 Å². The Labute approximate surface area is 105 Å². The number of carbonyl (C=O) groups excluding carboxylic acids is 2. The molecule has 0 aromatic carbocycles. The Bertz CT molecular complexity index is 416. The summed E-state index contributed by atoms with van der Waals surface area (Å²) in [6.45, 7) is 3.33. The molecule has 1 aromatic rings. The van der Waals surface area contributed by atoms with Gasteiger partial charge in [0.15, 0.2) is 6.04 Å². The van der Waals surface area contributed by atoms with Crippen molar-refractivity contribution < 1.29 is 14.3 Å². The number of nitrogens with one attached hydrogen (secondary N) is 1. The van der Waals surface area contributed by atoms with Crippen molar-refractivity contribution in [3.8, 4) is 0 Å². The molecular weight excluding hydrogens is 294 g/mol. The second-order valence-electron chi connectivity index (χ2n) is 2.85. The molecule has 0 bridgehead atoms. The van der Waals surface area contributed by atoms with Crippen molar-refractivity contribution >= 4 is 39.1 Å². The minimum Gasteiger partial charge on any atom is -0.467 e. The molecule has 0 radical (unpaired) electrons. The van der Waals surface area contributed by atoms with E-state index in [-0.39, 0.29) is 0 Å². The zero-order valence-electron chi connectivity index (χ0n) is 8.53. The zero-order chi connectivity index (χ0) is 12.1. The van der Waals surface area contributed by atoms with E-state index >= 15 is 0 Å². The molecule has 1 heterocycles. The highest BCUT2D eigenvalue weighted by atomic mass is 79.9. The van der Waals surface area contributed by atoms with Crippen LogP contribution in [0, 0.1) is 0 Å². The summed E-state index contributed by atoms with van der Waals surface area (Å²) in [6, 6.07) is 0.966. The molecule has 0 aliphatic rings. The first kappa shape index (κ1) is 12.9. The fourth-order valence-corrected chi connectivity index (χ4v) is 2.27. The summed E-state index contributed by atoms with van der Waals surface area (Å²) < 4.78 is 5.50. The highest BCUT2D eigenvalue weighted by Crippen LogP contribution is 2.26. The molecule has 0 saturated carbocycles. The Morgan fingerprint density at radius 2 is 2.38 bits per heavy atom. The van der Waals surface area contributed by atoms with E-state index in [0.29, 0.717) is 5.56 Å². The number of halogens is 1. The van der Waals surface area contributed by atoms with Crippen LogP contribution in [-0.4, -0.2) is 19.0 Å². The van der Waals surface area contributed by atoms with Crippen LogP contribution in [0.1, 0.15) is 11.6 Å². The molecule has 86 valence electrons. The number of ether oxygens (including phenoxy) is 1. The van der Waals surface area contributed by atoms with Crippen molar-refractivity contribution in [1.29, 1.82) is 0 Å². The molecule has 0 saturated heterocycles. The molecule has 4 nitrogen and oxygen atoms in total. The van der Waals surface area contributed by atoms with Gasteiger partial charge in [0, 0.05) is 0 Å². The van der Waals surface area contributed by atoms with Crippen molar-refractivity contribution in [3.05, 3.63) is 33.5 Å². The van der Waals surface area contributed by atoms with Gasteiger partial charge in [0.2, 0.25) is 5.91 Å². The number of hydrogen-bond acceptors (Lipinski definition) is 4. The Hall–Kier alpha value is -1.14. The fraction of sp³-hybridized carbons (Fsp3) is 0.200. The van der Waals surface area contributed by atoms with Crippen LogP contribution in [-0.2, 0) is 14.3 Å². The van der Waals surface area contributed by atoms with E-state index in [2.05, 4.69) is 32.6 Å². The number of esters is 1. The molecule has 0 fully saturated rings. The van der Waals surface area contributed by atoms with Crippen molar-refractivity contribution in [2.75, 3.05) is 7.11 Å². The third-order valence-electron chi connectivity index (χ3n) is 1.83. The van der Waals surface area contributed by atoms with Crippen LogP contribution in [0.5, 0.6) is 0 Å². The van der Waals surface area contributed by atoms with Gasteiger partial charge in [-0.1, -0.05) is 6.58 Å². The minimum atomic E-state index is -0.793. The molecular formula is C10H10BrNO3S. The van der Waals surface area contributed by atoms with Crippen LogP contribution in [0.15, 0.2) is 27.9 Å². The number of rotatable bonds is 4. The first-order chi connectivity index (χ1) is 7.58. The van der Waals surface area contributed by atoms with E-state index in [1.54, 1.807) is 11.4 Å². The van der Waals surface area contributed by atoms with Gasteiger partial charge in [-0.2, -0.15) is 0 Å². The lowest BCUT2D eigenvalue weighted by molar-refractivity contribution is -0.144. The first-order valence-electron chi connectivity index (χ1n) is 4.33. The molecule has 1 atom stereocenters. The number of carbonyl (C=O) groups is 2. The van der Waals surface area contributed by atoms with Crippen LogP contribution >= 0.6 is 27.3 Å². The molecule has 1 rings (SSSR count). The molecule has 1 N–H and O–H groups in total. The van der Waals surface area contributed by atoms with Crippen molar-refractivity contribution in [3.63, 3.8) is 0 Å². The molecule has 1 unspecified atom stereocenters. The van der Waals surface area contributed by atoms with Crippen LogP contribution in [0.3, 0.4) is 0 Å². The monoisotopic (exact) mass is 303 g/mol. The van der Waals surface area contributed by atoms with Crippen molar-refractivity contribution in [1.82, 2.24) is 5.32 Å². The zero-order valence-corrected chi connectivity index (χ0v) is 10.9. The minimum absolute atomic E-state index is 0.419. The van der Waals surface area contributed by atoms with E-state index < -0.39 is 17.9 Å². The number of thiophene rings is 1. The molecule has 0 spiro atoms. The summed E-state index contributed by atoms with van der Waals surface area (Å²) in [5, 5.41) is 4.27. The van der Waals surface area contributed by atoms with Gasteiger partial charge in [-0.25, -0.2) is 4.79 Å². The lowest BCUT2D eigenvalue weighted by atomic mass is 10.1. The highest BCUT2D eigenvalue weighted by molar-refractivity contribution is 9.11. The average Bonchev–Trinajstić information content (AvgIpc) is 2.71. The number of amides is 1. The van der Waals surface area contributed by atoms with Crippen LogP contribution in [0.25, 0.3) is 0 Å². The second kappa shape index (κ2) is 5.81. The summed E-state index contributed by atoms with van der Waals surface area (Å²) in [4.78, 5) is 22.7. The molecule has 1 amide bonds. The maximum absolute atomic E-state index is 11.5. The maximum Gasteiger partial charge on any atom is 0.333 e. The number of methoxy groups -OCH3 is 1. The third kappa shape index (κ3) is 3.18. The molecule has 0 aliphatic heterocycles. The third-order valence-corrected chi connectivity index (χ3v) is 3.35. The summed E-state index contributed by atoms with van der Waals surface area (Å²) in [7, 11) is 1.27. The van der Waals surface area contributed by atoms with Gasteiger partial charge in [0.05, 0.1) is 10.9 Å². The molecule has 6 heteroatoms. The first-order valence-corrected chi connectivity index (χ1v) is 6.00. The van der Waals surface area contributed by atoms with Gasteiger partial charge >= 0.3 is 5.97 Å². The normalized spacial score (nSPS) is 11.6. The van der Waals surface area contributed by atoms with E-state index in [9.17, 15) is 9.59 Å². The van der Waals surface area contributed by atoms with Gasteiger partial charge < -0.3 is 10.1 Å². The second-order valence-corrected chi connectivity index (χ2v) is 5.14. The largest absolute Gasteiger partial charge is 0.467 e. The Kier molecular flexibility index (Phi) is 4.70. The van der Waals surface area contributed by atoms with Crippen LogP contribution < -0.4 is 5.32 Å². The summed E-state index contributed by atoms with van der Waals surface area (Å²) in [6.07, 6.45) is 1.11. The van der Waals surface area contributed by atoms with Gasteiger partial charge in [-0.3, -0.25) is 4.79 Å². The van der Waals surface area contributed by atoms with Crippen LogP contribution in [0.2, 0.25) is 0 Å². The fourth-order valence-electron chi connectivity index (χ4n) is 1.07. The molecule has 1 aromatic heterocycles. The quantitative estimate of drug-likeness (QED) is 0.684. The SMILES string of the molecule is C=CC(=O)NC(C(=O)OC)c1csc(Br)c1. The Morgan fingerprint density at radius 3 is 2.81 bits per heavy atom. The van der Waals surface area contributed by atoms with E-state index in [1.807, 2.05) is 0 Å². The smallest absolute Gasteiger partial charge is 0.333 e. The Morgan fingerprint density at radius 1 is 1.69 bits per heavy atom. The predicted octanol–water partition coefficient (Wildman–Crippen LogP) is 2.03. The van der Waals surface area contributed by atoms with Gasteiger partial charge in [-0.15, -0.1) is 11.3 Å². The topological polar surface area (TPSA) is 55.4 Å². The molecule has 16 heavy (non-hydrogen) atoms. The summed E-state index contributed by atoms with van der Waals surface area (Å²) >= 11 is 4.72. The molecule has 0 aliphatic carbocycles. The van der Waals surface area contributed by atoms with Crippen LogP contribution in [0.4, 0.5) is 0 Å². The van der Waals surface area contributed by atoms with E-state index in [4.69, 9.17) is 0 Å². The van der Waals surface area contributed by atoms with Gasteiger partial charge in [0.1, 0.15) is 0 Å². The lowest BCUT2D eigenvalue weighted by Crippen LogP contribution is -2.33. The highest BCUT2D eigenvalue weighted by Gasteiger charge is 2.23. The summed E-state index contributed by atoms with van der Waals surface area (Å²) in [5.41, 5.74) is 0.680. The van der Waals surface area contributed by atoms with Gasteiger partial charge in [-0.05, 0) is 39.0 Å². The number of hydrogen-bond donors (Lipinski definition) is 1. The van der Waals surface area contributed by atoms with E-state index in [0.717, 1.165) is 9.86 Å². The standard InChI is InChI=1S/C10H10BrNO3S/c1-3-8(13)12-9(10(14)15-2)6-4-7(11)16-5-6/h3-5,9H,1H2,2H3,(H,12,13). The van der Waals surface area contributed by atoms with Gasteiger partial charge in [0.25, 0.3) is 0 Å².